The number of halogens is 1. The van der Waals surface area contributed by atoms with E-state index in [1.165, 1.54) is 12.1 Å². The minimum Gasteiger partial charge on any atom is -0.345 e. The van der Waals surface area contributed by atoms with Crippen molar-refractivity contribution in [1.82, 2.24) is 33.9 Å². The average Bonchev–Trinajstić information content (AvgIpc) is 3.57. The van der Waals surface area contributed by atoms with Crippen molar-refractivity contribution in [2.24, 2.45) is 5.73 Å². The molecule has 7 rings (SSSR count). The molecule has 38 heavy (non-hydrogen) atoms. The Morgan fingerprint density at radius 3 is 2.76 bits per heavy atom. The number of aromatic amines is 2. The summed E-state index contributed by atoms with van der Waals surface area (Å²) >= 11 is 0. The number of imidazole rings is 1. The molecule has 4 N–H and O–H groups in total. The Labute approximate surface area is 216 Å². The summed E-state index contributed by atoms with van der Waals surface area (Å²) in [6, 6.07) is 8.74. The molecule has 2 amide bonds. The maximum Gasteiger partial charge on any atom is 0.320 e. The Hall–Kier alpha value is -4.38. The number of carbonyl (C=O) groups excluding carboxylic acids is 1. The maximum atomic E-state index is 15.0. The number of fused-ring (bicyclic) bond motifs is 1. The van der Waals surface area contributed by atoms with Gasteiger partial charge in [-0.15, -0.1) is 0 Å². The number of hydrogen-bond donors (Lipinski definition) is 3. The zero-order chi connectivity index (χ0) is 26.0. The quantitative estimate of drug-likeness (QED) is 0.335. The first-order chi connectivity index (χ1) is 18.5. The van der Waals surface area contributed by atoms with Crippen molar-refractivity contribution in [2.45, 2.75) is 32.0 Å². The molecule has 2 aliphatic heterocycles. The summed E-state index contributed by atoms with van der Waals surface area (Å²) in [7, 11) is 0. The second-order valence-electron chi connectivity index (χ2n) is 10.1. The fourth-order valence-corrected chi connectivity index (χ4v) is 5.88. The largest absolute Gasteiger partial charge is 0.345 e. The number of carbonyl (C=O) groups is 1. The molecule has 0 unspecified atom stereocenters. The van der Waals surface area contributed by atoms with Crippen LogP contribution in [0, 0.1) is 5.82 Å². The van der Waals surface area contributed by atoms with Gasteiger partial charge in [-0.2, -0.15) is 0 Å². The standard InChI is InChI=1S/C27H27FN8O2/c28-17-11-16-14-35(27(38)33-7-4-18(29)5-8-33)10-9-34-15-20(19(12-17)25(16)34)24-23(26(37)32-31-24)21-13-30-22-3-1-2-6-36(21)22/h1-3,6,11-13,15,18H,4-5,7-10,14,29H2,(H2,31,32,37). The van der Waals surface area contributed by atoms with E-state index in [0.717, 1.165) is 29.6 Å². The first-order valence-corrected chi connectivity index (χ1v) is 12.8. The van der Waals surface area contributed by atoms with Crippen LogP contribution in [0.3, 0.4) is 0 Å². The lowest BCUT2D eigenvalue weighted by atomic mass is 10.0. The Balaban J connectivity index is 1.32. The molecule has 0 aliphatic carbocycles. The molecular weight excluding hydrogens is 487 g/mol. The van der Waals surface area contributed by atoms with Crippen LogP contribution in [0.1, 0.15) is 18.4 Å². The Kier molecular flexibility index (Phi) is 5.15. The van der Waals surface area contributed by atoms with Crippen molar-refractivity contribution in [1.29, 1.82) is 0 Å². The number of rotatable bonds is 2. The molecule has 0 spiro atoms. The number of likely N-dealkylation sites (tertiary alicyclic amines) is 1. The van der Waals surface area contributed by atoms with E-state index in [1.54, 1.807) is 11.1 Å². The Morgan fingerprint density at radius 1 is 1.08 bits per heavy atom. The minimum absolute atomic E-state index is 0.0369. The number of nitrogens with two attached hydrogens (primary N) is 1. The lowest BCUT2D eigenvalue weighted by molar-refractivity contribution is 0.137. The second kappa shape index (κ2) is 8.59. The molecule has 0 bridgehead atoms. The highest BCUT2D eigenvalue weighted by Gasteiger charge is 2.29. The molecule has 1 saturated heterocycles. The first kappa shape index (κ1) is 22.8. The molecule has 2 aliphatic rings. The number of piperidine rings is 1. The van der Waals surface area contributed by atoms with E-state index in [2.05, 4.69) is 19.7 Å². The molecule has 1 aromatic carbocycles. The molecule has 0 atom stereocenters. The van der Waals surface area contributed by atoms with Gasteiger partial charge in [0.15, 0.2) is 0 Å². The van der Waals surface area contributed by atoms with Gasteiger partial charge in [0.2, 0.25) is 0 Å². The van der Waals surface area contributed by atoms with Crippen LogP contribution in [-0.2, 0) is 13.1 Å². The van der Waals surface area contributed by atoms with E-state index in [-0.39, 0.29) is 23.4 Å². The number of urea groups is 1. The van der Waals surface area contributed by atoms with Crippen molar-refractivity contribution in [2.75, 3.05) is 19.6 Å². The second-order valence-corrected chi connectivity index (χ2v) is 10.1. The smallest absolute Gasteiger partial charge is 0.320 e. The van der Waals surface area contributed by atoms with Crippen LogP contribution in [0.4, 0.5) is 9.18 Å². The number of pyridine rings is 1. The van der Waals surface area contributed by atoms with Gasteiger partial charge in [0.1, 0.15) is 11.5 Å². The van der Waals surface area contributed by atoms with E-state index >= 15 is 4.39 Å². The summed E-state index contributed by atoms with van der Waals surface area (Å²) in [6.45, 7) is 2.62. The van der Waals surface area contributed by atoms with Gasteiger partial charge in [-0.3, -0.25) is 19.4 Å². The molecule has 0 radical (unpaired) electrons. The highest BCUT2D eigenvalue weighted by Crippen LogP contribution is 2.37. The van der Waals surface area contributed by atoms with Crippen molar-refractivity contribution in [3.05, 3.63) is 70.7 Å². The minimum atomic E-state index is -0.390. The van der Waals surface area contributed by atoms with Gasteiger partial charge in [0.05, 0.1) is 28.7 Å². The summed E-state index contributed by atoms with van der Waals surface area (Å²) in [5.74, 6) is -0.390. The monoisotopic (exact) mass is 514 g/mol. The fraction of sp³-hybridized carbons (Fsp3) is 0.296. The normalized spacial score (nSPS) is 16.5. The first-order valence-electron chi connectivity index (χ1n) is 12.8. The zero-order valence-corrected chi connectivity index (χ0v) is 20.7. The molecule has 10 nitrogen and oxygen atoms in total. The molecule has 0 saturated carbocycles. The number of hydrogen-bond acceptors (Lipinski definition) is 4. The fourth-order valence-electron chi connectivity index (χ4n) is 5.88. The third kappa shape index (κ3) is 3.53. The van der Waals surface area contributed by atoms with E-state index in [0.29, 0.717) is 60.6 Å². The SMILES string of the molecule is NC1CCN(C(=O)N2CCn3cc(-c4[nH][nH]c(=O)c4-c4cnc5ccccn45)c4cc(F)cc(c43)C2)CC1. The zero-order valence-electron chi connectivity index (χ0n) is 20.7. The van der Waals surface area contributed by atoms with Gasteiger partial charge < -0.3 is 20.1 Å². The molecule has 4 aromatic heterocycles. The van der Waals surface area contributed by atoms with Gasteiger partial charge in [0, 0.05) is 62.1 Å². The van der Waals surface area contributed by atoms with Crippen LogP contribution in [0.2, 0.25) is 0 Å². The van der Waals surface area contributed by atoms with E-state index in [4.69, 9.17) is 5.73 Å². The summed E-state index contributed by atoms with van der Waals surface area (Å²) in [5, 5.41) is 6.42. The number of H-pyrrole nitrogens is 2. The number of nitrogens with one attached hydrogen (secondary N) is 2. The summed E-state index contributed by atoms with van der Waals surface area (Å²) < 4.78 is 18.9. The lowest BCUT2D eigenvalue weighted by Gasteiger charge is -2.34. The van der Waals surface area contributed by atoms with Crippen LogP contribution in [0.15, 0.2) is 53.7 Å². The van der Waals surface area contributed by atoms with Crippen molar-refractivity contribution >= 4 is 22.6 Å². The average molecular weight is 515 g/mol. The van der Waals surface area contributed by atoms with Gasteiger partial charge in [-0.05, 0) is 42.7 Å². The van der Waals surface area contributed by atoms with E-state index in [9.17, 15) is 9.59 Å². The Morgan fingerprint density at radius 2 is 1.92 bits per heavy atom. The van der Waals surface area contributed by atoms with Gasteiger partial charge in [-0.1, -0.05) is 6.07 Å². The molecule has 6 heterocycles. The van der Waals surface area contributed by atoms with Crippen LogP contribution >= 0.6 is 0 Å². The van der Waals surface area contributed by atoms with Crippen molar-refractivity contribution < 1.29 is 9.18 Å². The summed E-state index contributed by atoms with van der Waals surface area (Å²) in [4.78, 5) is 34.4. The molecule has 1 fully saturated rings. The summed E-state index contributed by atoms with van der Waals surface area (Å²) in [5.41, 5.74) is 10.4. The van der Waals surface area contributed by atoms with Gasteiger partial charge in [0.25, 0.3) is 5.56 Å². The van der Waals surface area contributed by atoms with Gasteiger partial charge in [-0.25, -0.2) is 14.2 Å². The van der Waals surface area contributed by atoms with Crippen LogP contribution in [0.5, 0.6) is 0 Å². The predicted octanol–water partition coefficient (Wildman–Crippen LogP) is 3.14. The van der Waals surface area contributed by atoms with E-state index in [1.807, 2.05) is 39.9 Å². The molecule has 194 valence electrons. The van der Waals surface area contributed by atoms with Crippen molar-refractivity contribution in [3.63, 3.8) is 0 Å². The van der Waals surface area contributed by atoms with Crippen LogP contribution in [-0.4, -0.2) is 65.7 Å². The van der Waals surface area contributed by atoms with E-state index < -0.39 is 0 Å². The van der Waals surface area contributed by atoms with Crippen LogP contribution < -0.4 is 11.3 Å². The number of aromatic nitrogens is 5. The Bertz CT molecular complexity index is 1750. The third-order valence-electron chi connectivity index (χ3n) is 7.79. The third-order valence-corrected chi connectivity index (χ3v) is 7.79. The molecule has 5 aromatic rings. The highest BCUT2D eigenvalue weighted by atomic mass is 19.1. The molecule has 11 heteroatoms. The summed E-state index contributed by atoms with van der Waals surface area (Å²) in [6.07, 6.45) is 7.04. The van der Waals surface area contributed by atoms with Gasteiger partial charge >= 0.3 is 6.03 Å². The highest BCUT2D eigenvalue weighted by molar-refractivity contribution is 6.00. The maximum absolute atomic E-state index is 15.0. The predicted molar refractivity (Wildman–Crippen MR) is 141 cm³/mol. The van der Waals surface area contributed by atoms with Crippen LogP contribution in [0.25, 0.3) is 39.1 Å². The number of nitrogens with zero attached hydrogens (tertiary/aromatic N) is 5. The number of amides is 2. The topological polar surface area (TPSA) is 120 Å². The number of benzene rings is 1. The molecular formula is C27H27FN8O2. The van der Waals surface area contributed by atoms with Crippen molar-refractivity contribution in [3.8, 4) is 22.5 Å². The lowest BCUT2D eigenvalue weighted by Crippen LogP contribution is -2.49.